The lowest BCUT2D eigenvalue weighted by molar-refractivity contribution is -0.396. The molecule has 1 rings (SSSR count). The minimum Gasteiger partial charge on any atom is -0.462 e. The molecule has 0 amide bonds. The number of rotatable bonds is 5. The quantitative estimate of drug-likeness (QED) is 0.445. The fourth-order valence-electron chi connectivity index (χ4n) is 1.52. The number of sulfone groups is 1. The van der Waals surface area contributed by atoms with Gasteiger partial charge in [-0.3, -0.25) is 20.2 Å². The van der Waals surface area contributed by atoms with Gasteiger partial charge in [0, 0.05) is 6.26 Å². The van der Waals surface area contributed by atoms with E-state index in [2.05, 4.69) is 4.74 Å². The number of hydrogen-bond acceptors (Lipinski definition) is 8. The summed E-state index contributed by atoms with van der Waals surface area (Å²) in [7, 11) is -4.06. The van der Waals surface area contributed by atoms with Gasteiger partial charge in [0.15, 0.2) is 9.84 Å². The summed E-state index contributed by atoms with van der Waals surface area (Å²) in [4.78, 5) is 30.5. The Morgan fingerprint density at radius 3 is 2.10 bits per heavy atom. The van der Waals surface area contributed by atoms with Gasteiger partial charge in [0.25, 0.3) is 11.4 Å². The first-order valence-electron chi connectivity index (χ1n) is 5.43. The molecular weight excluding hydrogens is 308 g/mol. The lowest BCUT2D eigenvalue weighted by atomic mass is 10.1. The van der Waals surface area contributed by atoms with Crippen molar-refractivity contribution < 1.29 is 27.8 Å². The van der Waals surface area contributed by atoms with Crippen LogP contribution in [0.3, 0.4) is 0 Å². The lowest BCUT2D eigenvalue weighted by Crippen LogP contribution is -2.11. The third kappa shape index (κ3) is 3.51. The van der Waals surface area contributed by atoms with Crippen LogP contribution in [-0.4, -0.2) is 37.1 Å². The highest BCUT2D eigenvalue weighted by Gasteiger charge is 2.32. The Bertz CT molecular complexity index is 725. The van der Waals surface area contributed by atoms with Crippen LogP contribution in [0, 0.1) is 20.2 Å². The maximum absolute atomic E-state index is 11.6. The van der Waals surface area contributed by atoms with E-state index in [1.807, 2.05) is 0 Å². The fraction of sp³-hybridized carbons (Fsp3) is 0.300. The maximum Gasteiger partial charge on any atom is 0.345 e. The van der Waals surface area contributed by atoms with Crippen molar-refractivity contribution in [3.05, 3.63) is 37.9 Å². The molecule has 0 radical (unpaired) electrons. The average Bonchev–Trinajstić information content (AvgIpc) is 2.36. The van der Waals surface area contributed by atoms with Gasteiger partial charge < -0.3 is 4.74 Å². The van der Waals surface area contributed by atoms with Crippen molar-refractivity contribution in [3.8, 4) is 0 Å². The second-order valence-electron chi connectivity index (χ2n) is 3.84. The SMILES string of the molecule is CCOC(=O)c1cc(S(C)(=O)=O)c([N+](=O)[O-])cc1[N+](=O)[O-]. The van der Waals surface area contributed by atoms with Crippen LogP contribution in [-0.2, 0) is 14.6 Å². The number of nitrogens with zero attached hydrogens (tertiary/aromatic N) is 2. The molecule has 0 heterocycles. The van der Waals surface area contributed by atoms with E-state index in [4.69, 9.17) is 0 Å². The molecular formula is C10H10N2O8S. The average molecular weight is 318 g/mol. The number of carbonyl (C=O) groups is 1. The van der Waals surface area contributed by atoms with Gasteiger partial charge in [-0.15, -0.1) is 0 Å². The van der Waals surface area contributed by atoms with Crippen LogP contribution < -0.4 is 0 Å². The van der Waals surface area contributed by atoms with Crippen molar-refractivity contribution in [1.82, 2.24) is 0 Å². The summed E-state index contributed by atoms with van der Waals surface area (Å²) in [6, 6.07) is 1.02. The van der Waals surface area contributed by atoms with Crippen LogP contribution in [0.5, 0.6) is 0 Å². The highest BCUT2D eigenvalue weighted by molar-refractivity contribution is 7.90. The van der Waals surface area contributed by atoms with E-state index < -0.39 is 47.5 Å². The van der Waals surface area contributed by atoms with E-state index in [1.54, 1.807) is 0 Å². The predicted molar refractivity (Wildman–Crippen MR) is 68.8 cm³/mol. The monoisotopic (exact) mass is 318 g/mol. The van der Waals surface area contributed by atoms with E-state index in [-0.39, 0.29) is 6.61 Å². The van der Waals surface area contributed by atoms with Gasteiger partial charge >= 0.3 is 5.97 Å². The van der Waals surface area contributed by atoms with Crippen molar-refractivity contribution in [2.75, 3.05) is 12.9 Å². The number of nitro benzene ring substituents is 2. The molecule has 11 heteroatoms. The van der Waals surface area contributed by atoms with Crippen LogP contribution in [0.4, 0.5) is 11.4 Å². The normalized spacial score (nSPS) is 11.0. The van der Waals surface area contributed by atoms with E-state index in [1.165, 1.54) is 6.92 Å². The number of ether oxygens (including phenoxy) is 1. The summed E-state index contributed by atoms with van der Waals surface area (Å²) in [6.45, 7) is 1.35. The van der Waals surface area contributed by atoms with E-state index in [9.17, 15) is 33.4 Å². The van der Waals surface area contributed by atoms with Crippen molar-refractivity contribution in [2.45, 2.75) is 11.8 Å². The van der Waals surface area contributed by atoms with Crippen LogP contribution in [0.2, 0.25) is 0 Å². The van der Waals surface area contributed by atoms with Crippen LogP contribution >= 0.6 is 0 Å². The minimum absolute atomic E-state index is 0.0960. The summed E-state index contributed by atoms with van der Waals surface area (Å²) in [5, 5.41) is 21.7. The molecule has 0 atom stereocenters. The van der Waals surface area contributed by atoms with Crippen molar-refractivity contribution in [1.29, 1.82) is 0 Å². The predicted octanol–water partition coefficient (Wildman–Crippen LogP) is 1.08. The molecule has 0 aromatic heterocycles. The molecule has 0 spiro atoms. The first-order valence-corrected chi connectivity index (χ1v) is 7.32. The van der Waals surface area contributed by atoms with E-state index in [0.717, 1.165) is 0 Å². The summed E-state index contributed by atoms with van der Waals surface area (Å²) in [5.41, 5.74) is -2.53. The molecule has 0 saturated carbocycles. The molecule has 114 valence electrons. The van der Waals surface area contributed by atoms with E-state index in [0.29, 0.717) is 18.4 Å². The Morgan fingerprint density at radius 1 is 1.19 bits per heavy atom. The maximum atomic E-state index is 11.6. The van der Waals surface area contributed by atoms with Gasteiger partial charge in [0.05, 0.1) is 22.5 Å². The van der Waals surface area contributed by atoms with Gasteiger partial charge in [0.1, 0.15) is 10.5 Å². The molecule has 0 unspecified atom stereocenters. The molecule has 0 aliphatic carbocycles. The van der Waals surface area contributed by atoms with Crippen LogP contribution in [0.25, 0.3) is 0 Å². The van der Waals surface area contributed by atoms with Gasteiger partial charge in [-0.25, -0.2) is 13.2 Å². The van der Waals surface area contributed by atoms with Crippen LogP contribution in [0.1, 0.15) is 17.3 Å². The third-order valence-corrected chi connectivity index (χ3v) is 3.49. The molecule has 1 aromatic carbocycles. The zero-order valence-electron chi connectivity index (χ0n) is 10.9. The highest BCUT2D eigenvalue weighted by atomic mass is 32.2. The number of carbonyl (C=O) groups excluding carboxylic acids is 1. The van der Waals surface area contributed by atoms with Gasteiger partial charge in [-0.05, 0) is 13.0 Å². The zero-order chi connectivity index (χ0) is 16.4. The molecule has 0 bridgehead atoms. The summed E-state index contributed by atoms with van der Waals surface area (Å²) in [5.74, 6) is -1.14. The van der Waals surface area contributed by atoms with Gasteiger partial charge in [-0.1, -0.05) is 0 Å². The number of nitro groups is 2. The summed E-state index contributed by atoms with van der Waals surface area (Å²) >= 11 is 0. The molecule has 0 aliphatic rings. The topological polar surface area (TPSA) is 147 Å². The molecule has 1 aromatic rings. The number of esters is 1. The minimum atomic E-state index is -4.06. The molecule has 0 saturated heterocycles. The Morgan fingerprint density at radius 2 is 1.71 bits per heavy atom. The van der Waals surface area contributed by atoms with Crippen LogP contribution in [0.15, 0.2) is 17.0 Å². The Hall–Kier alpha value is -2.56. The van der Waals surface area contributed by atoms with Crippen molar-refractivity contribution in [3.63, 3.8) is 0 Å². The Labute approximate surface area is 118 Å². The lowest BCUT2D eigenvalue weighted by Gasteiger charge is -2.06. The van der Waals surface area contributed by atoms with Gasteiger partial charge in [-0.2, -0.15) is 0 Å². The second-order valence-corrected chi connectivity index (χ2v) is 5.83. The first-order chi connectivity index (χ1) is 9.59. The highest BCUT2D eigenvalue weighted by Crippen LogP contribution is 2.32. The Balaban J connectivity index is 3.76. The first kappa shape index (κ1) is 16.5. The fourth-order valence-corrected chi connectivity index (χ4v) is 2.37. The molecule has 0 aliphatic heterocycles. The Kier molecular flexibility index (Phi) is 4.58. The second kappa shape index (κ2) is 5.83. The third-order valence-electron chi connectivity index (χ3n) is 2.37. The molecule has 0 fully saturated rings. The largest absolute Gasteiger partial charge is 0.462 e. The molecule has 10 nitrogen and oxygen atoms in total. The number of benzene rings is 1. The summed E-state index contributed by atoms with van der Waals surface area (Å²) < 4.78 is 27.7. The summed E-state index contributed by atoms with van der Waals surface area (Å²) in [6.07, 6.45) is 0.691. The smallest absolute Gasteiger partial charge is 0.345 e. The van der Waals surface area contributed by atoms with Crippen molar-refractivity contribution in [2.24, 2.45) is 0 Å². The standard InChI is InChI=1S/C10H10N2O8S/c1-3-20-10(13)6-4-9(21(2,18)19)8(12(16)17)5-7(6)11(14)15/h4-5H,3H2,1-2H3. The molecule has 0 N–H and O–H groups in total. The zero-order valence-corrected chi connectivity index (χ0v) is 11.7. The molecule has 21 heavy (non-hydrogen) atoms. The van der Waals surface area contributed by atoms with E-state index >= 15 is 0 Å². The van der Waals surface area contributed by atoms with Gasteiger partial charge in [0.2, 0.25) is 0 Å². The number of hydrogen-bond donors (Lipinski definition) is 0. The van der Waals surface area contributed by atoms with Crippen molar-refractivity contribution >= 4 is 27.2 Å².